The summed E-state index contributed by atoms with van der Waals surface area (Å²) >= 11 is 6.72. The molecule has 188 valence electrons. The summed E-state index contributed by atoms with van der Waals surface area (Å²) in [7, 11) is 0. The van der Waals surface area contributed by atoms with Crippen LogP contribution in [0.5, 0.6) is 0 Å². The van der Waals surface area contributed by atoms with Crippen LogP contribution in [0.2, 0.25) is 0 Å². The van der Waals surface area contributed by atoms with Crippen LogP contribution in [-0.4, -0.2) is 43.8 Å². The molecule has 2 aromatic heterocycles. The van der Waals surface area contributed by atoms with Gasteiger partial charge in [-0.25, -0.2) is 4.98 Å². The molecule has 4 rings (SSSR count). The van der Waals surface area contributed by atoms with Crippen molar-refractivity contribution in [1.82, 2.24) is 14.3 Å². The molecule has 0 aliphatic carbocycles. The second kappa shape index (κ2) is 11.4. The zero-order chi connectivity index (χ0) is 25.8. The number of ether oxygens (including phenoxy) is 1. The third-order valence-electron chi connectivity index (χ3n) is 5.68. The molecule has 36 heavy (non-hydrogen) atoms. The van der Waals surface area contributed by atoms with Crippen molar-refractivity contribution in [2.24, 2.45) is 0 Å². The van der Waals surface area contributed by atoms with E-state index in [1.165, 1.54) is 16.2 Å². The maximum absolute atomic E-state index is 13.5. The SMILES string of the molecule is Cc1ccc(CN2C(=O)/C(=C/c3c(NCCCOC(C)C)nc4ccc(C)cn4c3=O)SC2=S)cc1. The Labute approximate surface area is 220 Å². The number of nitrogens with zero attached hydrogens (tertiary/aromatic N) is 3. The molecule has 0 bridgehead atoms. The van der Waals surface area contributed by atoms with Gasteiger partial charge >= 0.3 is 0 Å². The Balaban J connectivity index is 1.65. The highest BCUT2D eigenvalue weighted by atomic mass is 32.2. The molecule has 3 aromatic rings. The van der Waals surface area contributed by atoms with Crippen molar-refractivity contribution < 1.29 is 9.53 Å². The number of thiocarbonyl (C=S) groups is 1. The van der Waals surface area contributed by atoms with Crippen LogP contribution in [0.1, 0.15) is 42.5 Å². The molecule has 0 saturated carbocycles. The van der Waals surface area contributed by atoms with E-state index < -0.39 is 0 Å². The summed E-state index contributed by atoms with van der Waals surface area (Å²) in [5, 5.41) is 3.27. The van der Waals surface area contributed by atoms with Crippen molar-refractivity contribution in [1.29, 1.82) is 0 Å². The number of aromatic nitrogens is 2. The van der Waals surface area contributed by atoms with Crippen molar-refractivity contribution in [2.75, 3.05) is 18.5 Å². The number of pyridine rings is 1. The number of carbonyl (C=O) groups is 1. The minimum Gasteiger partial charge on any atom is -0.379 e. The average Bonchev–Trinajstić information content (AvgIpc) is 3.10. The molecule has 1 aromatic carbocycles. The molecule has 1 amide bonds. The Morgan fingerprint density at radius 2 is 1.83 bits per heavy atom. The Kier molecular flexibility index (Phi) is 8.23. The fourth-order valence-corrected chi connectivity index (χ4v) is 5.00. The Morgan fingerprint density at radius 1 is 1.11 bits per heavy atom. The van der Waals surface area contributed by atoms with E-state index in [4.69, 9.17) is 21.9 Å². The van der Waals surface area contributed by atoms with E-state index in [2.05, 4.69) is 5.32 Å². The topological polar surface area (TPSA) is 75.9 Å². The summed E-state index contributed by atoms with van der Waals surface area (Å²) in [6.45, 7) is 9.50. The van der Waals surface area contributed by atoms with Gasteiger partial charge < -0.3 is 10.1 Å². The lowest BCUT2D eigenvalue weighted by Gasteiger charge is -2.14. The molecule has 0 unspecified atom stereocenters. The molecular weight excluding hydrogens is 492 g/mol. The predicted molar refractivity (Wildman–Crippen MR) is 150 cm³/mol. The van der Waals surface area contributed by atoms with Gasteiger partial charge in [0.05, 0.1) is 23.1 Å². The molecule has 9 heteroatoms. The zero-order valence-electron chi connectivity index (χ0n) is 20.9. The molecule has 3 heterocycles. The number of aryl methyl sites for hydroxylation is 2. The quantitative estimate of drug-likeness (QED) is 0.242. The monoisotopic (exact) mass is 522 g/mol. The lowest BCUT2D eigenvalue weighted by Crippen LogP contribution is -2.27. The standard InChI is InChI=1S/C27H30N4O3S2/c1-17(2)34-13-5-12-28-24-21(25(32)30-15-19(4)8-11-23(30)29-24)14-22-26(33)31(27(35)36-22)16-20-9-6-18(3)7-10-20/h6-11,14-15,17,28H,5,12-13,16H2,1-4H3/b22-14-. The largest absolute Gasteiger partial charge is 0.379 e. The highest BCUT2D eigenvalue weighted by Crippen LogP contribution is 2.34. The van der Waals surface area contributed by atoms with Gasteiger partial charge in [-0.15, -0.1) is 0 Å². The normalized spacial score (nSPS) is 15.0. The first kappa shape index (κ1) is 26.1. The zero-order valence-corrected chi connectivity index (χ0v) is 22.5. The second-order valence-electron chi connectivity index (χ2n) is 9.07. The number of benzene rings is 1. The molecule has 1 fully saturated rings. The lowest BCUT2D eigenvalue weighted by atomic mass is 10.1. The number of hydrogen-bond acceptors (Lipinski definition) is 7. The summed E-state index contributed by atoms with van der Waals surface area (Å²) < 4.78 is 7.60. The number of anilines is 1. The van der Waals surface area contributed by atoms with E-state index >= 15 is 0 Å². The molecule has 1 N–H and O–H groups in total. The van der Waals surface area contributed by atoms with Crippen LogP contribution in [-0.2, 0) is 16.1 Å². The van der Waals surface area contributed by atoms with Crippen molar-refractivity contribution in [2.45, 2.75) is 46.8 Å². The van der Waals surface area contributed by atoms with Gasteiger partial charge in [-0.3, -0.25) is 18.9 Å². The van der Waals surface area contributed by atoms with Crippen molar-refractivity contribution in [3.8, 4) is 0 Å². The van der Waals surface area contributed by atoms with Gasteiger partial charge in [-0.2, -0.15) is 0 Å². The van der Waals surface area contributed by atoms with Crippen LogP contribution < -0.4 is 10.9 Å². The maximum Gasteiger partial charge on any atom is 0.267 e. The van der Waals surface area contributed by atoms with Crippen LogP contribution in [0.15, 0.2) is 52.3 Å². The highest BCUT2D eigenvalue weighted by molar-refractivity contribution is 8.26. The first-order valence-corrected chi connectivity index (χ1v) is 13.1. The number of hydrogen-bond donors (Lipinski definition) is 1. The van der Waals surface area contributed by atoms with Crippen LogP contribution in [0.3, 0.4) is 0 Å². The summed E-state index contributed by atoms with van der Waals surface area (Å²) in [6, 6.07) is 11.7. The van der Waals surface area contributed by atoms with Crippen LogP contribution in [0.25, 0.3) is 11.7 Å². The minimum absolute atomic E-state index is 0.161. The van der Waals surface area contributed by atoms with Gasteiger partial charge in [-0.1, -0.05) is 59.9 Å². The van der Waals surface area contributed by atoms with E-state index in [0.29, 0.717) is 46.0 Å². The van der Waals surface area contributed by atoms with E-state index in [1.54, 1.807) is 17.2 Å². The summed E-state index contributed by atoms with van der Waals surface area (Å²) in [6.07, 6.45) is 4.29. The Bertz CT molecular complexity index is 1380. The minimum atomic E-state index is -0.242. The second-order valence-corrected chi connectivity index (χ2v) is 10.7. The Hall–Kier alpha value is -3.01. The van der Waals surface area contributed by atoms with Crippen LogP contribution in [0, 0.1) is 13.8 Å². The third-order valence-corrected chi connectivity index (χ3v) is 7.06. The van der Waals surface area contributed by atoms with Gasteiger partial charge in [0.2, 0.25) is 0 Å². The molecule has 1 saturated heterocycles. The third kappa shape index (κ3) is 6.03. The van der Waals surface area contributed by atoms with Gasteiger partial charge in [-0.05, 0) is 57.4 Å². The Morgan fingerprint density at radius 3 is 2.56 bits per heavy atom. The van der Waals surface area contributed by atoms with Crippen molar-refractivity contribution >= 4 is 51.7 Å². The van der Waals surface area contributed by atoms with Gasteiger partial charge in [0, 0.05) is 19.3 Å². The number of thioether (sulfide) groups is 1. The number of rotatable bonds is 9. The van der Waals surface area contributed by atoms with E-state index in [9.17, 15) is 9.59 Å². The lowest BCUT2D eigenvalue weighted by molar-refractivity contribution is -0.122. The number of carbonyl (C=O) groups excluding carboxylic acids is 1. The summed E-state index contributed by atoms with van der Waals surface area (Å²) in [4.78, 5) is 33.5. The van der Waals surface area contributed by atoms with E-state index in [0.717, 1.165) is 23.1 Å². The first-order valence-electron chi connectivity index (χ1n) is 11.9. The van der Waals surface area contributed by atoms with Crippen LogP contribution >= 0.6 is 24.0 Å². The smallest absolute Gasteiger partial charge is 0.267 e. The molecule has 0 radical (unpaired) electrons. The first-order chi connectivity index (χ1) is 17.2. The number of nitrogens with one attached hydrogen (secondary N) is 1. The fraction of sp³-hybridized carbons (Fsp3) is 0.333. The van der Waals surface area contributed by atoms with Gasteiger partial charge in [0.1, 0.15) is 15.8 Å². The number of amides is 1. The molecule has 0 spiro atoms. The summed E-state index contributed by atoms with van der Waals surface area (Å²) in [5.74, 6) is 0.229. The maximum atomic E-state index is 13.5. The summed E-state index contributed by atoms with van der Waals surface area (Å²) in [5.41, 5.74) is 3.71. The molecule has 0 atom stereocenters. The predicted octanol–water partition coefficient (Wildman–Crippen LogP) is 4.94. The van der Waals surface area contributed by atoms with Crippen LogP contribution in [0.4, 0.5) is 5.82 Å². The average molecular weight is 523 g/mol. The van der Waals surface area contributed by atoms with E-state index in [-0.39, 0.29) is 17.6 Å². The highest BCUT2D eigenvalue weighted by Gasteiger charge is 2.32. The molecule has 7 nitrogen and oxygen atoms in total. The van der Waals surface area contributed by atoms with Crippen molar-refractivity contribution in [3.05, 3.63) is 80.1 Å². The van der Waals surface area contributed by atoms with Gasteiger partial charge in [0.15, 0.2) is 0 Å². The molecular formula is C27H30N4O3S2. The molecule has 1 aliphatic heterocycles. The van der Waals surface area contributed by atoms with Gasteiger partial charge in [0.25, 0.3) is 11.5 Å². The molecule has 1 aliphatic rings. The number of fused-ring (bicyclic) bond motifs is 1. The van der Waals surface area contributed by atoms with E-state index in [1.807, 2.05) is 64.1 Å². The van der Waals surface area contributed by atoms with Crippen molar-refractivity contribution in [3.63, 3.8) is 0 Å². The fourth-order valence-electron chi connectivity index (χ4n) is 3.77.